The molecular formula is C21H26N2O5. The molecule has 1 saturated heterocycles. The number of carbonyl (C=O) groups excluding carboxylic acids is 4. The van der Waals surface area contributed by atoms with Crippen molar-refractivity contribution in [2.75, 3.05) is 26.2 Å². The van der Waals surface area contributed by atoms with E-state index in [0.29, 0.717) is 17.5 Å². The van der Waals surface area contributed by atoms with Crippen LogP contribution in [-0.2, 0) is 14.3 Å². The number of amides is 3. The summed E-state index contributed by atoms with van der Waals surface area (Å²) in [5, 5.41) is 0. The number of carbonyl (C=O) groups is 4. The number of ether oxygens (including phenoxy) is 1. The molecule has 3 rings (SSSR count). The molecule has 0 radical (unpaired) electrons. The first-order valence-electron chi connectivity index (χ1n) is 9.96. The Hall–Kier alpha value is -2.70. The fourth-order valence-corrected chi connectivity index (χ4v) is 3.63. The molecule has 0 N–H and O–H groups in total. The van der Waals surface area contributed by atoms with Crippen molar-refractivity contribution in [3.63, 3.8) is 0 Å². The van der Waals surface area contributed by atoms with Gasteiger partial charge in [0.1, 0.15) is 0 Å². The molecule has 0 bridgehead atoms. The number of likely N-dealkylation sites (tertiary alicyclic amines) is 1. The van der Waals surface area contributed by atoms with Gasteiger partial charge < -0.3 is 9.64 Å². The lowest BCUT2D eigenvalue weighted by atomic mass is 10.1. The van der Waals surface area contributed by atoms with E-state index in [0.717, 1.165) is 43.7 Å². The molecule has 0 aromatic heterocycles. The van der Waals surface area contributed by atoms with Gasteiger partial charge in [0.25, 0.3) is 17.7 Å². The number of imide groups is 1. The van der Waals surface area contributed by atoms with Gasteiger partial charge in [0.2, 0.25) is 0 Å². The van der Waals surface area contributed by atoms with Crippen molar-refractivity contribution >= 4 is 23.7 Å². The van der Waals surface area contributed by atoms with Gasteiger partial charge >= 0.3 is 5.97 Å². The summed E-state index contributed by atoms with van der Waals surface area (Å²) in [6.07, 6.45) is 5.80. The normalized spacial score (nSPS) is 17.1. The molecule has 2 heterocycles. The van der Waals surface area contributed by atoms with Gasteiger partial charge in [-0.25, -0.2) is 0 Å². The van der Waals surface area contributed by atoms with E-state index in [1.165, 1.54) is 6.42 Å². The van der Waals surface area contributed by atoms with Crippen molar-refractivity contribution in [2.45, 2.75) is 44.9 Å². The molecule has 1 aromatic carbocycles. The molecule has 2 aliphatic rings. The predicted octanol–water partition coefficient (Wildman–Crippen LogP) is 2.40. The van der Waals surface area contributed by atoms with Gasteiger partial charge in [0, 0.05) is 26.1 Å². The number of benzene rings is 1. The van der Waals surface area contributed by atoms with Crippen LogP contribution in [0.3, 0.4) is 0 Å². The standard InChI is InChI=1S/C21H26N2O5/c24-18(22-12-6-2-1-3-7-13-22)15-28-19(25)11-8-14-23-20(26)16-9-4-5-10-17(16)21(23)27/h4-5,9-10H,1-3,6-8,11-15H2. The summed E-state index contributed by atoms with van der Waals surface area (Å²) >= 11 is 0. The molecule has 2 aliphatic heterocycles. The predicted molar refractivity (Wildman–Crippen MR) is 102 cm³/mol. The van der Waals surface area contributed by atoms with Gasteiger partial charge in [-0.1, -0.05) is 31.4 Å². The maximum atomic E-state index is 12.3. The van der Waals surface area contributed by atoms with E-state index in [2.05, 4.69) is 0 Å². The highest BCUT2D eigenvalue weighted by molar-refractivity contribution is 6.21. The largest absolute Gasteiger partial charge is 0.456 e. The third-order valence-corrected chi connectivity index (χ3v) is 5.21. The van der Waals surface area contributed by atoms with Crippen LogP contribution in [-0.4, -0.2) is 59.7 Å². The zero-order chi connectivity index (χ0) is 19.9. The maximum absolute atomic E-state index is 12.3. The summed E-state index contributed by atoms with van der Waals surface area (Å²) in [6.45, 7) is 1.35. The maximum Gasteiger partial charge on any atom is 0.306 e. The zero-order valence-corrected chi connectivity index (χ0v) is 16.0. The molecule has 7 heteroatoms. The first kappa shape index (κ1) is 20.0. The summed E-state index contributed by atoms with van der Waals surface area (Å²) in [7, 11) is 0. The summed E-state index contributed by atoms with van der Waals surface area (Å²) in [5.74, 6) is -1.31. The van der Waals surface area contributed by atoms with E-state index in [1.54, 1.807) is 29.2 Å². The summed E-state index contributed by atoms with van der Waals surface area (Å²) in [5.41, 5.74) is 0.794. The number of nitrogens with zero attached hydrogens (tertiary/aromatic N) is 2. The Morgan fingerprint density at radius 1 is 0.893 bits per heavy atom. The highest BCUT2D eigenvalue weighted by Crippen LogP contribution is 2.22. The van der Waals surface area contributed by atoms with E-state index in [-0.39, 0.29) is 37.3 Å². The molecule has 0 saturated carbocycles. The lowest BCUT2D eigenvalue weighted by Crippen LogP contribution is -2.37. The average molecular weight is 386 g/mol. The smallest absolute Gasteiger partial charge is 0.306 e. The monoisotopic (exact) mass is 386 g/mol. The fourth-order valence-electron chi connectivity index (χ4n) is 3.63. The van der Waals surface area contributed by atoms with E-state index >= 15 is 0 Å². The van der Waals surface area contributed by atoms with Crippen LogP contribution in [0.5, 0.6) is 0 Å². The molecule has 0 unspecified atom stereocenters. The van der Waals surface area contributed by atoms with E-state index in [4.69, 9.17) is 4.74 Å². The first-order valence-corrected chi connectivity index (χ1v) is 9.96. The zero-order valence-electron chi connectivity index (χ0n) is 16.0. The number of hydrogen-bond donors (Lipinski definition) is 0. The van der Waals surface area contributed by atoms with Crippen molar-refractivity contribution in [3.05, 3.63) is 35.4 Å². The van der Waals surface area contributed by atoms with Crippen molar-refractivity contribution in [2.24, 2.45) is 0 Å². The second kappa shape index (κ2) is 9.48. The molecule has 0 atom stereocenters. The lowest BCUT2D eigenvalue weighted by molar-refractivity contribution is -0.152. The number of hydrogen-bond acceptors (Lipinski definition) is 5. The Balaban J connectivity index is 1.38. The van der Waals surface area contributed by atoms with Crippen LogP contribution in [0.1, 0.15) is 65.7 Å². The Morgan fingerprint density at radius 3 is 2.07 bits per heavy atom. The van der Waals surface area contributed by atoms with Crippen LogP contribution in [0.4, 0.5) is 0 Å². The molecule has 1 fully saturated rings. The van der Waals surface area contributed by atoms with Crippen LogP contribution in [0.2, 0.25) is 0 Å². The van der Waals surface area contributed by atoms with E-state index < -0.39 is 5.97 Å². The Bertz CT molecular complexity index is 718. The Morgan fingerprint density at radius 2 is 1.46 bits per heavy atom. The van der Waals surface area contributed by atoms with Crippen molar-refractivity contribution in [1.29, 1.82) is 0 Å². The third-order valence-electron chi connectivity index (χ3n) is 5.21. The number of fused-ring (bicyclic) bond motifs is 1. The minimum Gasteiger partial charge on any atom is -0.456 e. The molecule has 28 heavy (non-hydrogen) atoms. The van der Waals surface area contributed by atoms with Gasteiger partial charge in [0.15, 0.2) is 6.61 Å². The quantitative estimate of drug-likeness (QED) is 0.554. The van der Waals surface area contributed by atoms with Crippen molar-refractivity contribution < 1.29 is 23.9 Å². The van der Waals surface area contributed by atoms with Crippen LogP contribution >= 0.6 is 0 Å². The Labute approximate surface area is 164 Å². The minimum absolute atomic E-state index is 0.0562. The van der Waals surface area contributed by atoms with Gasteiger partial charge in [0.05, 0.1) is 11.1 Å². The highest BCUT2D eigenvalue weighted by Gasteiger charge is 2.34. The van der Waals surface area contributed by atoms with E-state index in [9.17, 15) is 19.2 Å². The minimum atomic E-state index is -0.489. The molecule has 1 aromatic rings. The molecule has 0 aliphatic carbocycles. The van der Waals surface area contributed by atoms with Gasteiger partial charge in [-0.05, 0) is 31.4 Å². The number of esters is 1. The number of rotatable bonds is 6. The average Bonchev–Trinajstić information content (AvgIpc) is 2.91. The van der Waals surface area contributed by atoms with Crippen LogP contribution in [0.15, 0.2) is 24.3 Å². The third kappa shape index (κ3) is 4.77. The van der Waals surface area contributed by atoms with Gasteiger partial charge in [-0.3, -0.25) is 24.1 Å². The summed E-state index contributed by atoms with van der Waals surface area (Å²) in [4.78, 5) is 51.6. The van der Waals surface area contributed by atoms with Crippen molar-refractivity contribution in [1.82, 2.24) is 9.80 Å². The van der Waals surface area contributed by atoms with E-state index in [1.807, 2.05) is 0 Å². The molecule has 150 valence electrons. The van der Waals surface area contributed by atoms with Crippen molar-refractivity contribution in [3.8, 4) is 0 Å². The van der Waals surface area contributed by atoms with Crippen LogP contribution < -0.4 is 0 Å². The molecule has 3 amide bonds. The Kier molecular flexibility index (Phi) is 6.79. The highest BCUT2D eigenvalue weighted by atomic mass is 16.5. The summed E-state index contributed by atoms with van der Waals surface area (Å²) < 4.78 is 5.09. The summed E-state index contributed by atoms with van der Waals surface area (Å²) in [6, 6.07) is 6.68. The SMILES string of the molecule is O=C(CCCN1C(=O)c2ccccc2C1=O)OCC(=O)N1CCCCCCC1. The second-order valence-electron chi connectivity index (χ2n) is 7.22. The van der Waals surface area contributed by atoms with Crippen LogP contribution in [0.25, 0.3) is 0 Å². The van der Waals surface area contributed by atoms with Gasteiger partial charge in [-0.2, -0.15) is 0 Å². The van der Waals surface area contributed by atoms with Crippen LogP contribution in [0, 0.1) is 0 Å². The molecular weight excluding hydrogens is 360 g/mol. The fraction of sp³-hybridized carbons (Fsp3) is 0.524. The first-order chi connectivity index (χ1) is 13.6. The topological polar surface area (TPSA) is 84.0 Å². The van der Waals surface area contributed by atoms with Gasteiger partial charge in [-0.15, -0.1) is 0 Å². The molecule has 7 nitrogen and oxygen atoms in total. The lowest BCUT2D eigenvalue weighted by Gasteiger charge is -2.24. The second-order valence-corrected chi connectivity index (χ2v) is 7.22. The molecule has 0 spiro atoms.